The first-order valence-corrected chi connectivity index (χ1v) is 11.5. The van der Waals surface area contributed by atoms with Gasteiger partial charge in [0.1, 0.15) is 19.0 Å². The molecule has 2 aromatic rings. The van der Waals surface area contributed by atoms with Crippen molar-refractivity contribution in [2.45, 2.75) is 18.9 Å². The van der Waals surface area contributed by atoms with E-state index in [4.69, 9.17) is 19.9 Å². The van der Waals surface area contributed by atoms with Gasteiger partial charge >= 0.3 is 0 Å². The number of carbonyl (C=O) groups excluding carboxylic acids is 2. The minimum absolute atomic E-state index is 0.00158. The predicted octanol–water partition coefficient (Wildman–Crippen LogP) is 2.16. The van der Waals surface area contributed by atoms with Crippen molar-refractivity contribution in [3.05, 3.63) is 30.0 Å². The molecule has 2 aliphatic heterocycles. The van der Waals surface area contributed by atoms with Crippen LogP contribution in [0.5, 0.6) is 11.6 Å². The second kappa shape index (κ2) is 10.1. The molecule has 2 bridgehead atoms. The first kappa shape index (κ1) is 21.6. The Kier molecular flexibility index (Phi) is 7.48. The van der Waals surface area contributed by atoms with Gasteiger partial charge in [0.25, 0.3) is 5.91 Å². The monoisotopic (exact) mass is 513 g/mol. The van der Waals surface area contributed by atoms with Crippen LogP contribution < -0.4 is 15.2 Å². The van der Waals surface area contributed by atoms with Crippen LogP contribution >= 0.6 is 22.6 Å². The van der Waals surface area contributed by atoms with Gasteiger partial charge in [0.15, 0.2) is 0 Å². The molecule has 0 aliphatic carbocycles. The number of hydrogen-bond donors (Lipinski definition) is 1. The Bertz CT molecular complexity index is 892. The number of halogens is 1. The van der Waals surface area contributed by atoms with Crippen LogP contribution in [0.1, 0.15) is 23.2 Å². The lowest BCUT2D eigenvalue weighted by atomic mass is 10.1. The van der Waals surface area contributed by atoms with Crippen molar-refractivity contribution in [1.29, 1.82) is 0 Å². The molecule has 3 heterocycles. The summed E-state index contributed by atoms with van der Waals surface area (Å²) in [7, 11) is 0. The zero-order valence-corrected chi connectivity index (χ0v) is 18.4. The molecule has 0 radical (unpaired) electrons. The van der Waals surface area contributed by atoms with Crippen molar-refractivity contribution in [3.8, 4) is 11.6 Å². The number of carbonyl (C=O) groups is 2. The van der Waals surface area contributed by atoms with Crippen LogP contribution in [0.2, 0.25) is 0 Å². The second-order valence-corrected chi connectivity index (χ2v) is 6.60. The number of alkyl halides is 1. The Hall–Kier alpha value is -2.14. The maximum Gasteiger partial charge on any atom is 0.252 e. The molecule has 0 saturated carbocycles. The molecule has 156 valence electrons. The van der Waals surface area contributed by atoms with Crippen LogP contribution in [-0.2, 0) is 9.53 Å². The molecule has 2 amide bonds. The van der Waals surface area contributed by atoms with Gasteiger partial charge in [-0.25, -0.2) is 4.98 Å². The average Bonchev–Trinajstić information content (AvgIpc) is 3.09. The van der Waals surface area contributed by atoms with Gasteiger partial charge < -0.3 is 24.8 Å². The highest BCUT2D eigenvalue weighted by Gasteiger charge is 2.31. The lowest BCUT2D eigenvalue weighted by Crippen LogP contribution is -2.39. The van der Waals surface area contributed by atoms with Gasteiger partial charge in [-0.05, 0) is 34.9 Å². The molecule has 1 unspecified atom stereocenters. The number of rotatable bonds is 1. The van der Waals surface area contributed by atoms with Crippen LogP contribution in [-0.4, -0.2) is 65.6 Å². The first-order valence-electron chi connectivity index (χ1n) is 9.36. The average molecular weight is 513 g/mol. The molecule has 8 nitrogen and oxygen atoms in total. The van der Waals surface area contributed by atoms with Crippen molar-refractivity contribution in [3.63, 3.8) is 0 Å². The number of nitrogens with two attached hydrogens (primary N) is 1. The number of amides is 2. The van der Waals surface area contributed by atoms with E-state index in [0.717, 1.165) is 17.2 Å². The predicted molar refractivity (Wildman–Crippen MR) is 117 cm³/mol. The molecule has 1 aromatic carbocycles. The van der Waals surface area contributed by atoms with E-state index < -0.39 is 5.91 Å². The van der Waals surface area contributed by atoms with Gasteiger partial charge in [0, 0.05) is 24.5 Å². The van der Waals surface area contributed by atoms with Crippen LogP contribution in [0.4, 0.5) is 0 Å². The quantitative estimate of drug-likeness (QED) is 0.463. The van der Waals surface area contributed by atoms with E-state index in [1.54, 1.807) is 24.4 Å². The fourth-order valence-electron chi connectivity index (χ4n) is 3.53. The maximum atomic E-state index is 12.1. The highest BCUT2D eigenvalue weighted by Crippen LogP contribution is 2.31. The number of aromatic nitrogens is 1. The molecule has 1 atom stereocenters. The highest BCUT2D eigenvalue weighted by molar-refractivity contribution is 14.1. The minimum Gasteiger partial charge on any atom is -0.490 e. The summed E-state index contributed by atoms with van der Waals surface area (Å²) >= 11 is 2.15. The first-order chi connectivity index (χ1) is 14.1. The van der Waals surface area contributed by atoms with E-state index >= 15 is 0 Å². The summed E-state index contributed by atoms with van der Waals surface area (Å²) in [4.78, 5) is 32.0. The zero-order valence-electron chi connectivity index (χ0n) is 16.2. The molecule has 1 saturated heterocycles. The second-order valence-electron chi connectivity index (χ2n) is 6.60. The largest absolute Gasteiger partial charge is 0.490 e. The molecule has 4 rings (SSSR count). The normalized spacial score (nSPS) is 19.4. The Labute approximate surface area is 182 Å². The highest BCUT2D eigenvalue weighted by atomic mass is 127. The lowest BCUT2D eigenvalue weighted by Gasteiger charge is -2.25. The number of fused-ring (bicyclic) bond motifs is 2. The number of hydrogen-bond acceptors (Lipinski definition) is 6. The van der Waals surface area contributed by atoms with E-state index in [2.05, 4.69) is 27.6 Å². The Morgan fingerprint density at radius 3 is 2.86 bits per heavy atom. The zero-order chi connectivity index (χ0) is 20.8. The van der Waals surface area contributed by atoms with Gasteiger partial charge in [-0.15, -0.1) is 0 Å². The lowest BCUT2D eigenvalue weighted by molar-refractivity contribution is -0.130. The summed E-state index contributed by atoms with van der Waals surface area (Å²) in [5.74, 6) is 0.385. The Balaban J connectivity index is 0.00000117. The summed E-state index contributed by atoms with van der Waals surface area (Å²) in [6.45, 7) is 1.90. The maximum absolute atomic E-state index is 12.1. The third-order valence-corrected chi connectivity index (χ3v) is 4.92. The van der Waals surface area contributed by atoms with Crippen molar-refractivity contribution >= 4 is 45.2 Å². The molecular formula is C20H24IN3O5. The van der Waals surface area contributed by atoms with Gasteiger partial charge in [-0.2, -0.15) is 0 Å². The third kappa shape index (κ3) is 4.89. The molecule has 1 aromatic heterocycles. The SMILES string of the molecule is CI.NC(=O)c1cc2ccnc3c2cc1OCCOCCN1C(=O)CCC1CO3. The fraction of sp³-hybridized carbons (Fsp3) is 0.450. The number of primary amides is 1. The van der Waals surface area contributed by atoms with Crippen molar-refractivity contribution in [2.24, 2.45) is 5.73 Å². The van der Waals surface area contributed by atoms with Gasteiger partial charge in [-0.3, -0.25) is 9.59 Å². The molecule has 1 fully saturated rings. The fourth-order valence-corrected chi connectivity index (χ4v) is 3.53. The standard InChI is InChI=1S/C19H21N3O5.CH3I/c20-18(24)15-9-12-3-4-21-19-14(12)10-16(15)26-8-7-25-6-5-22-13(11-27-19)1-2-17(22)23;1-2/h3-4,9-10,13H,1-2,5-8,11H2,(H2,20,24);1H3. The third-order valence-electron chi connectivity index (χ3n) is 4.92. The van der Waals surface area contributed by atoms with Gasteiger partial charge in [-0.1, -0.05) is 22.6 Å². The van der Waals surface area contributed by atoms with Crippen molar-refractivity contribution in [1.82, 2.24) is 9.88 Å². The summed E-state index contributed by atoms with van der Waals surface area (Å²) in [6.07, 6.45) is 2.90. The van der Waals surface area contributed by atoms with Crippen LogP contribution in [0.15, 0.2) is 24.4 Å². The smallest absolute Gasteiger partial charge is 0.252 e. The van der Waals surface area contributed by atoms with E-state index in [-0.39, 0.29) is 18.6 Å². The summed E-state index contributed by atoms with van der Waals surface area (Å²) in [5, 5.41) is 1.51. The van der Waals surface area contributed by atoms with E-state index in [1.165, 1.54) is 0 Å². The topological polar surface area (TPSA) is 104 Å². The minimum atomic E-state index is -0.562. The number of ether oxygens (including phenoxy) is 3. The van der Waals surface area contributed by atoms with Gasteiger partial charge in [0.05, 0.1) is 24.8 Å². The van der Waals surface area contributed by atoms with Crippen molar-refractivity contribution in [2.75, 3.05) is 37.9 Å². The number of benzene rings is 1. The summed E-state index contributed by atoms with van der Waals surface area (Å²) in [5.41, 5.74) is 5.81. The number of pyridine rings is 1. The van der Waals surface area contributed by atoms with E-state index in [0.29, 0.717) is 50.0 Å². The van der Waals surface area contributed by atoms with Gasteiger partial charge in [0.2, 0.25) is 11.8 Å². The molecule has 9 heteroatoms. The molecular weight excluding hydrogens is 489 g/mol. The summed E-state index contributed by atoms with van der Waals surface area (Å²) < 4.78 is 17.3. The van der Waals surface area contributed by atoms with E-state index in [9.17, 15) is 9.59 Å². The van der Waals surface area contributed by atoms with E-state index in [1.807, 2.05) is 9.83 Å². The molecule has 2 N–H and O–H groups in total. The number of nitrogens with zero attached hydrogens (tertiary/aromatic N) is 2. The molecule has 0 spiro atoms. The van der Waals surface area contributed by atoms with Crippen LogP contribution in [0.3, 0.4) is 0 Å². The van der Waals surface area contributed by atoms with Crippen molar-refractivity contribution < 1.29 is 23.8 Å². The summed E-state index contributed by atoms with van der Waals surface area (Å²) in [6, 6.07) is 5.19. The van der Waals surface area contributed by atoms with Crippen LogP contribution in [0.25, 0.3) is 10.8 Å². The van der Waals surface area contributed by atoms with Crippen LogP contribution in [0, 0.1) is 0 Å². The Morgan fingerprint density at radius 2 is 2.07 bits per heavy atom. The molecule has 29 heavy (non-hydrogen) atoms. The molecule has 2 aliphatic rings. The Morgan fingerprint density at radius 1 is 1.24 bits per heavy atom.